The van der Waals surface area contributed by atoms with Gasteiger partial charge in [0, 0.05) is 19.0 Å². The Morgan fingerprint density at radius 1 is 1.05 bits per heavy atom. The van der Waals surface area contributed by atoms with Crippen LogP contribution in [0.3, 0.4) is 0 Å². The van der Waals surface area contributed by atoms with Crippen molar-refractivity contribution in [2.45, 2.75) is 44.9 Å². The van der Waals surface area contributed by atoms with E-state index in [-0.39, 0.29) is 17.7 Å². The molecule has 4 fully saturated rings. The van der Waals surface area contributed by atoms with Gasteiger partial charge in [-0.3, -0.25) is 9.59 Å². The van der Waals surface area contributed by atoms with Crippen molar-refractivity contribution >= 4 is 11.9 Å². The summed E-state index contributed by atoms with van der Waals surface area (Å²) in [5, 5.41) is 9.60. The van der Waals surface area contributed by atoms with E-state index >= 15 is 0 Å². The highest BCUT2D eigenvalue weighted by Crippen LogP contribution is 2.57. The molecule has 0 aromatic carbocycles. The monoisotopic (exact) mass is 277 g/mol. The minimum absolute atomic E-state index is 0.199. The summed E-state index contributed by atoms with van der Waals surface area (Å²) < 4.78 is 0. The number of aliphatic carboxylic acids is 1. The molecule has 4 heteroatoms. The number of carbonyl (C=O) groups is 2. The molecule has 4 nitrogen and oxygen atoms in total. The molecule has 3 saturated carbocycles. The number of fused-ring (bicyclic) bond motifs is 2. The van der Waals surface area contributed by atoms with E-state index in [1.54, 1.807) is 0 Å². The van der Waals surface area contributed by atoms with Gasteiger partial charge in [0.15, 0.2) is 0 Å². The number of amides is 1. The normalized spacial score (nSPS) is 45.9. The van der Waals surface area contributed by atoms with Gasteiger partial charge in [0.05, 0.1) is 5.41 Å². The molecule has 4 atom stereocenters. The van der Waals surface area contributed by atoms with Crippen molar-refractivity contribution in [3.8, 4) is 0 Å². The van der Waals surface area contributed by atoms with Crippen molar-refractivity contribution in [2.75, 3.05) is 13.1 Å². The summed E-state index contributed by atoms with van der Waals surface area (Å²) in [5.74, 6) is 1.28. The molecule has 0 spiro atoms. The molecule has 2 unspecified atom stereocenters. The Hall–Kier alpha value is -1.06. The number of carboxylic acid groups (broad SMARTS) is 1. The van der Waals surface area contributed by atoms with E-state index in [2.05, 4.69) is 0 Å². The zero-order valence-corrected chi connectivity index (χ0v) is 11.9. The minimum atomic E-state index is -0.677. The summed E-state index contributed by atoms with van der Waals surface area (Å²) in [4.78, 5) is 26.3. The van der Waals surface area contributed by atoms with Crippen LogP contribution < -0.4 is 0 Å². The third kappa shape index (κ3) is 1.60. The van der Waals surface area contributed by atoms with E-state index in [0.29, 0.717) is 24.9 Å². The summed E-state index contributed by atoms with van der Waals surface area (Å²) in [6.07, 6.45) is 7.71. The van der Waals surface area contributed by atoms with E-state index in [0.717, 1.165) is 19.3 Å². The van der Waals surface area contributed by atoms with E-state index in [1.807, 2.05) is 4.90 Å². The molecule has 1 aliphatic heterocycles. The lowest BCUT2D eigenvalue weighted by Crippen LogP contribution is -2.38. The minimum Gasteiger partial charge on any atom is -0.481 e. The van der Waals surface area contributed by atoms with Crippen LogP contribution in [0, 0.1) is 29.1 Å². The Kier molecular flexibility index (Phi) is 2.67. The van der Waals surface area contributed by atoms with Gasteiger partial charge in [0.25, 0.3) is 0 Å². The van der Waals surface area contributed by atoms with Crippen molar-refractivity contribution in [1.82, 2.24) is 4.90 Å². The van der Waals surface area contributed by atoms with Gasteiger partial charge in [-0.2, -0.15) is 0 Å². The predicted molar refractivity (Wildman–Crippen MR) is 72.9 cm³/mol. The van der Waals surface area contributed by atoms with Gasteiger partial charge < -0.3 is 10.0 Å². The van der Waals surface area contributed by atoms with Crippen LogP contribution in [0.15, 0.2) is 0 Å². The Labute approximate surface area is 119 Å². The van der Waals surface area contributed by atoms with Gasteiger partial charge in [-0.25, -0.2) is 0 Å². The van der Waals surface area contributed by atoms with Gasteiger partial charge in [-0.1, -0.05) is 19.3 Å². The van der Waals surface area contributed by atoms with Crippen LogP contribution in [0.25, 0.3) is 0 Å². The lowest BCUT2D eigenvalue weighted by atomic mass is 9.81. The summed E-state index contributed by atoms with van der Waals surface area (Å²) in [7, 11) is 0. The largest absolute Gasteiger partial charge is 0.481 e. The van der Waals surface area contributed by atoms with Gasteiger partial charge in [-0.05, 0) is 43.4 Å². The second kappa shape index (κ2) is 4.22. The molecule has 0 bridgehead atoms. The van der Waals surface area contributed by atoms with Gasteiger partial charge >= 0.3 is 5.97 Å². The number of hydrogen-bond acceptors (Lipinski definition) is 2. The average molecular weight is 277 g/mol. The lowest BCUT2D eigenvalue weighted by molar-refractivity contribution is -0.149. The fourth-order valence-corrected chi connectivity index (χ4v) is 5.38. The summed E-state index contributed by atoms with van der Waals surface area (Å²) in [6.45, 7) is 1.17. The van der Waals surface area contributed by atoms with E-state index in [1.165, 1.54) is 25.7 Å². The molecule has 0 aromatic heterocycles. The molecule has 1 heterocycles. The van der Waals surface area contributed by atoms with E-state index in [4.69, 9.17) is 0 Å². The lowest BCUT2D eigenvalue weighted by Gasteiger charge is -2.23. The molecule has 110 valence electrons. The molecule has 4 aliphatic rings. The van der Waals surface area contributed by atoms with Crippen LogP contribution in [-0.4, -0.2) is 35.0 Å². The first kappa shape index (κ1) is 12.7. The third-order valence-electron chi connectivity index (χ3n) is 6.55. The van der Waals surface area contributed by atoms with Crippen LogP contribution >= 0.6 is 0 Å². The third-order valence-corrected chi connectivity index (χ3v) is 6.55. The summed E-state index contributed by atoms with van der Waals surface area (Å²) >= 11 is 0. The molecule has 1 amide bonds. The molecule has 3 aliphatic carbocycles. The van der Waals surface area contributed by atoms with Crippen LogP contribution in [0.5, 0.6) is 0 Å². The highest BCUT2D eigenvalue weighted by atomic mass is 16.4. The quantitative estimate of drug-likeness (QED) is 0.841. The molecule has 1 saturated heterocycles. The maximum atomic E-state index is 12.7. The Morgan fingerprint density at radius 3 is 2.35 bits per heavy atom. The molecule has 1 N–H and O–H groups in total. The molecule has 4 rings (SSSR count). The van der Waals surface area contributed by atoms with Crippen LogP contribution in [-0.2, 0) is 9.59 Å². The van der Waals surface area contributed by atoms with Crippen molar-refractivity contribution < 1.29 is 14.7 Å². The molecule has 0 aromatic rings. The first-order valence-electron chi connectivity index (χ1n) is 8.16. The zero-order valence-electron chi connectivity index (χ0n) is 11.9. The van der Waals surface area contributed by atoms with Crippen molar-refractivity contribution in [3.63, 3.8) is 0 Å². The fourth-order valence-electron chi connectivity index (χ4n) is 5.38. The first-order valence-corrected chi connectivity index (χ1v) is 8.16. The molecular weight excluding hydrogens is 254 g/mol. The SMILES string of the molecule is O=C(C1C2CCCCC21)N1C[C@@H]2CCC[C@@]2(C(=O)O)C1. The van der Waals surface area contributed by atoms with Crippen LogP contribution in [0.1, 0.15) is 44.9 Å². The Balaban J connectivity index is 1.49. The zero-order chi connectivity index (χ0) is 13.9. The topological polar surface area (TPSA) is 57.6 Å². The van der Waals surface area contributed by atoms with E-state index < -0.39 is 11.4 Å². The standard InChI is InChI=1S/C16H23NO3/c18-14(13-11-5-1-2-6-12(11)13)17-8-10-4-3-7-16(10,9-17)15(19)20/h10-13H,1-9H2,(H,19,20)/t10-,11?,12?,13?,16+/m0/s1. The number of rotatable bonds is 2. The van der Waals surface area contributed by atoms with Gasteiger partial charge in [0.1, 0.15) is 0 Å². The molecule has 0 radical (unpaired) electrons. The Morgan fingerprint density at radius 2 is 1.75 bits per heavy atom. The van der Waals surface area contributed by atoms with Crippen molar-refractivity contribution in [2.24, 2.45) is 29.1 Å². The predicted octanol–water partition coefficient (Wildman–Crippen LogP) is 2.14. The average Bonchev–Trinajstić information content (AvgIpc) is 2.81. The maximum Gasteiger partial charge on any atom is 0.311 e. The first-order chi connectivity index (χ1) is 9.63. The van der Waals surface area contributed by atoms with Crippen molar-refractivity contribution in [1.29, 1.82) is 0 Å². The smallest absolute Gasteiger partial charge is 0.311 e. The highest BCUT2D eigenvalue weighted by molar-refractivity contribution is 5.85. The van der Waals surface area contributed by atoms with Crippen LogP contribution in [0.4, 0.5) is 0 Å². The number of carbonyl (C=O) groups excluding carboxylic acids is 1. The maximum absolute atomic E-state index is 12.7. The number of likely N-dealkylation sites (tertiary alicyclic amines) is 1. The number of nitrogens with zero attached hydrogens (tertiary/aromatic N) is 1. The fraction of sp³-hybridized carbons (Fsp3) is 0.875. The van der Waals surface area contributed by atoms with Crippen LogP contribution in [0.2, 0.25) is 0 Å². The molecule has 20 heavy (non-hydrogen) atoms. The Bertz CT molecular complexity index is 451. The van der Waals surface area contributed by atoms with Gasteiger partial charge in [-0.15, -0.1) is 0 Å². The van der Waals surface area contributed by atoms with Gasteiger partial charge in [0.2, 0.25) is 5.91 Å². The van der Waals surface area contributed by atoms with Crippen molar-refractivity contribution in [3.05, 3.63) is 0 Å². The summed E-state index contributed by atoms with van der Waals surface area (Å²) in [6, 6.07) is 0. The number of carboxylic acids is 1. The second-order valence-electron chi connectivity index (χ2n) is 7.41. The second-order valence-corrected chi connectivity index (χ2v) is 7.41. The summed E-state index contributed by atoms with van der Waals surface area (Å²) in [5.41, 5.74) is -0.615. The van der Waals surface area contributed by atoms with E-state index in [9.17, 15) is 14.7 Å². The highest BCUT2D eigenvalue weighted by Gasteiger charge is 2.60. The molecular formula is C16H23NO3. The number of hydrogen-bond donors (Lipinski definition) is 1.